The Morgan fingerprint density at radius 2 is 2.07 bits per heavy atom. The maximum atomic E-state index is 8.78. The number of aliphatic hydroxyl groups is 1. The molecule has 0 bridgehead atoms. The third kappa shape index (κ3) is 3.63. The molecule has 0 radical (unpaired) electrons. The van der Waals surface area contributed by atoms with Gasteiger partial charge in [0, 0.05) is 41.7 Å². The molecule has 0 saturated heterocycles. The Labute approximate surface area is 156 Å². The van der Waals surface area contributed by atoms with Gasteiger partial charge in [-0.05, 0) is 30.7 Å². The first kappa shape index (κ1) is 17.1. The van der Waals surface area contributed by atoms with E-state index in [1.807, 2.05) is 35.9 Å². The Bertz CT molecular complexity index is 1120. The highest BCUT2D eigenvalue weighted by molar-refractivity contribution is 5.97. The lowest BCUT2D eigenvalue weighted by molar-refractivity contribution is 0.0986. The smallest absolute Gasteiger partial charge is 0.233 e. The number of fused-ring (bicyclic) bond motifs is 2. The number of pyridine rings is 1. The molecular formula is C20H19N5O2. The standard InChI is InChI=1S/C20H19N5O2/c1-14(24-27-8-7-26)17-11-22-20-23-12-18(25(20)13-17)10-15-4-5-19-16(9-15)3-2-6-21-19/h2-6,9,11-13,26H,7-8,10H2,1H3. The van der Waals surface area contributed by atoms with Gasteiger partial charge in [-0.3, -0.25) is 9.38 Å². The predicted octanol–water partition coefficient (Wildman–Crippen LogP) is 2.60. The molecule has 0 aliphatic carbocycles. The van der Waals surface area contributed by atoms with Crippen molar-refractivity contribution in [1.29, 1.82) is 0 Å². The molecule has 0 aliphatic heterocycles. The fraction of sp³-hybridized carbons (Fsp3) is 0.200. The van der Waals surface area contributed by atoms with Crippen molar-refractivity contribution in [3.05, 3.63) is 71.9 Å². The number of nitrogens with zero attached hydrogens (tertiary/aromatic N) is 5. The van der Waals surface area contributed by atoms with Gasteiger partial charge < -0.3 is 9.94 Å². The Kier molecular flexibility index (Phi) is 4.76. The second-order valence-electron chi connectivity index (χ2n) is 6.20. The van der Waals surface area contributed by atoms with Crippen LogP contribution < -0.4 is 0 Å². The van der Waals surface area contributed by atoms with Crippen molar-refractivity contribution in [2.75, 3.05) is 13.2 Å². The number of benzene rings is 1. The summed E-state index contributed by atoms with van der Waals surface area (Å²) in [7, 11) is 0. The highest BCUT2D eigenvalue weighted by Crippen LogP contribution is 2.17. The Morgan fingerprint density at radius 1 is 1.19 bits per heavy atom. The molecule has 4 aromatic rings. The lowest BCUT2D eigenvalue weighted by Crippen LogP contribution is -2.04. The molecule has 0 saturated carbocycles. The molecule has 0 aliphatic rings. The lowest BCUT2D eigenvalue weighted by Gasteiger charge is -2.06. The molecule has 0 fully saturated rings. The third-order valence-electron chi connectivity index (χ3n) is 4.30. The second-order valence-corrected chi connectivity index (χ2v) is 6.20. The van der Waals surface area contributed by atoms with Crippen molar-refractivity contribution in [1.82, 2.24) is 19.4 Å². The van der Waals surface area contributed by atoms with Gasteiger partial charge in [-0.1, -0.05) is 17.3 Å². The second kappa shape index (κ2) is 7.51. The van der Waals surface area contributed by atoms with Crippen molar-refractivity contribution in [2.24, 2.45) is 5.16 Å². The normalized spacial score (nSPS) is 12.0. The van der Waals surface area contributed by atoms with Crippen molar-refractivity contribution in [3.8, 4) is 0 Å². The summed E-state index contributed by atoms with van der Waals surface area (Å²) in [5, 5.41) is 13.9. The van der Waals surface area contributed by atoms with Crippen molar-refractivity contribution in [3.63, 3.8) is 0 Å². The van der Waals surface area contributed by atoms with E-state index in [9.17, 15) is 0 Å². The highest BCUT2D eigenvalue weighted by Gasteiger charge is 2.09. The number of imidazole rings is 1. The maximum Gasteiger partial charge on any atom is 0.233 e. The average Bonchev–Trinajstić information content (AvgIpc) is 3.10. The minimum atomic E-state index is -0.0684. The lowest BCUT2D eigenvalue weighted by atomic mass is 10.1. The predicted molar refractivity (Wildman–Crippen MR) is 103 cm³/mol. The molecule has 0 atom stereocenters. The van der Waals surface area contributed by atoms with Crippen LogP contribution in [0.1, 0.15) is 23.7 Å². The summed E-state index contributed by atoms with van der Waals surface area (Å²) in [6.45, 7) is 1.94. The Hall–Kier alpha value is -3.32. The van der Waals surface area contributed by atoms with E-state index in [-0.39, 0.29) is 13.2 Å². The van der Waals surface area contributed by atoms with E-state index in [1.54, 1.807) is 12.4 Å². The number of oxime groups is 1. The van der Waals surface area contributed by atoms with Crippen LogP contribution in [0.3, 0.4) is 0 Å². The van der Waals surface area contributed by atoms with E-state index in [2.05, 4.69) is 38.3 Å². The van der Waals surface area contributed by atoms with Crippen LogP contribution in [0, 0.1) is 0 Å². The Balaban J connectivity index is 1.65. The number of hydrogen-bond acceptors (Lipinski definition) is 6. The van der Waals surface area contributed by atoms with Crippen LogP contribution in [-0.4, -0.2) is 43.4 Å². The SMILES string of the molecule is CC(=NOCCO)c1cnc2ncc(Cc3ccc4ncccc4c3)n2c1. The van der Waals surface area contributed by atoms with Crippen molar-refractivity contribution in [2.45, 2.75) is 13.3 Å². The molecule has 136 valence electrons. The van der Waals surface area contributed by atoms with Gasteiger partial charge >= 0.3 is 0 Å². The Morgan fingerprint density at radius 3 is 2.96 bits per heavy atom. The van der Waals surface area contributed by atoms with E-state index >= 15 is 0 Å². The van der Waals surface area contributed by atoms with Gasteiger partial charge in [0.2, 0.25) is 5.78 Å². The highest BCUT2D eigenvalue weighted by atomic mass is 16.6. The average molecular weight is 361 g/mol. The molecule has 3 aromatic heterocycles. The van der Waals surface area contributed by atoms with Gasteiger partial charge in [0.25, 0.3) is 0 Å². The molecule has 7 nitrogen and oxygen atoms in total. The van der Waals surface area contributed by atoms with Gasteiger partial charge in [-0.25, -0.2) is 9.97 Å². The molecule has 3 heterocycles. The third-order valence-corrected chi connectivity index (χ3v) is 4.30. The van der Waals surface area contributed by atoms with Gasteiger partial charge in [0.15, 0.2) is 0 Å². The van der Waals surface area contributed by atoms with Crippen LogP contribution in [0.5, 0.6) is 0 Å². The summed E-state index contributed by atoms with van der Waals surface area (Å²) in [6, 6.07) is 10.3. The molecule has 1 N–H and O–H groups in total. The molecule has 0 unspecified atom stereocenters. The number of aliphatic hydroxyl groups excluding tert-OH is 1. The quantitative estimate of drug-likeness (QED) is 0.324. The summed E-state index contributed by atoms with van der Waals surface area (Å²) < 4.78 is 1.97. The molecular weight excluding hydrogens is 342 g/mol. The topological polar surface area (TPSA) is 84.9 Å². The summed E-state index contributed by atoms with van der Waals surface area (Å²) in [5.74, 6) is 0.639. The summed E-state index contributed by atoms with van der Waals surface area (Å²) in [5.41, 5.74) is 4.72. The summed E-state index contributed by atoms with van der Waals surface area (Å²) in [4.78, 5) is 18.2. The summed E-state index contributed by atoms with van der Waals surface area (Å²) >= 11 is 0. The van der Waals surface area contributed by atoms with Crippen LogP contribution in [0.4, 0.5) is 0 Å². The molecule has 4 rings (SSSR count). The summed E-state index contributed by atoms with van der Waals surface area (Å²) in [6.07, 6.45) is 8.04. The maximum absolute atomic E-state index is 8.78. The van der Waals surface area contributed by atoms with Crippen LogP contribution in [-0.2, 0) is 11.3 Å². The number of hydrogen-bond donors (Lipinski definition) is 1. The van der Waals surface area contributed by atoms with E-state index in [0.717, 1.165) is 28.6 Å². The minimum absolute atomic E-state index is 0.0684. The van der Waals surface area contributed by atoms with Gasteiger partial charge in [0.05, 0.1) is 24.0 Å². The fourth-order valence-corrected chi connectivity index (χ4v) is 2.92. The van der Waals surface area contributed by atoms with E-state index in [4.69, 9.17) is 9.94 Å². The largest absolute Gasteiger partial charge is 0.393 e. The van der Waals surface area contributed by atoms with Gasteiger partial charge in [-0.15, -0.1) is 0 Å². The molecule has 0 amide bonds. The number of aromatic nitrogens is 4. The molecule has 1 aromatic carbocycles. The first-order valence-corrected chi connectivity index (χ1v) is 8.68. The van der Waals surface area contributed by atoms with Gasteiger partial charge in [-0.2, -0.15) is 0 Å². The molecule has 27 heavy (non-hydrogen) atoms. The first-order valence-electron chi connectivity index (χ1n) is 8.68. The van der Waals surface area contributed by atoms with E-state index < -0.39 is 0 Å². The first-order chi connectivity index (χ1) is 13.2. The minimum Gasteiger partial charge on any atom is -0.393 e. The zero-order valence-corrected chi connectivity index (χ0v) is 14.9. The number of rotatable bonds is 6. The van der Waals surface area contributed by atoms with Crippen LogP contribution in [0.25, 0.3) is 16.7 Å². The zero-order chi connectivity index (χ0) is 18.6. The van der Waals surface area contributed by atoms with Crippen LogP contribution >= 0.6 is 0 Å². The van der Waals surface area contributed by atoms with Crippen LogP contribution in [0.2, 0.25) is 0 Å². The fourth-order valence-electron chi connectivity index (χ4n) is 2.92. The van der Waals surface area contributed by atoms with Gasteiger partial charge in [0.1, 0.15) is 6.61 Å². The van der Waals surface area contributed by atoms with E-state index in [0.29, 0.717) is 11.5 Å². The zero-order valence-electron chi connectivity index (χ0n) is 14.9. The van der Waals surface area contributed by atoms with E-state index in [1.165, 1.54) is 5.56 Å². The monoisotopic (exact) mass is 361 g/mol. The van der Waals surface area contributed by atoms with Crippen molar-refractivity contribution >= 4 is 22.4 Å². The molecule has 7 heteroatoms. The van der Waals surface area contributed by atoms with Crippen LogP contribution in [0.15, 0.2) is 60.3 Å². The van der Waals surface area contributed by atoms with Crippen molar-refractivity contribution < 1.29 is 9.94 Å². The molecule has 0 spiro atoms.